The molecule has 1 aromatic carbocycles. The van der Waals surface area contributed by atoms with Gasteiger partial charge in [0.1, 0.15) is 10.6 Å². The van der Waals surface area contributed by atoms with Crippen molar-refractivity contribution in [1.82, 2.24) is 9.62 Å². The van der Waals surface area contributed by atoms with Gasteiger partial charge in [-0.3, -0.25) is 0 Å². The van der Waals surface area contributed by atoms with E-state index in [1.807, 2.05) is 6.92 Å². The summed E-state index contributed by atoms with van der Waals surface area (Å²) in [4.78, 5) is 0.142. The Balaban J connectivity index is 1.83. The summed E-state index contributed by atoms with van der Waals surface area (Å²) in [5.74, 6) is 0.660. The Hall–Kier alpha value is -0.860. The maximum atomic E-state index is 13.0. The van der Waals surface area contributed by atoms with Crippen LogP contribution in [0.5, 0.6) is 5.75 Å². The van der Waals surface area contributed by atoms with Crippen LogP contribution in [0, 0.1) is 5.92 Å². The van der Waals surface area contributed by atoms with Crippen LogP contribution in [0.25, 0.3) is 0 Å². The normalized spacial score (nSPS) is 25.8. The first kappa shape index (κ1) is 17.9. The Bertz CT molecular complexity index is 677. The number of rotatable bonds is 5. The van der Waals surface area contributed by atoms with E-state index in [2.05, 4.69) is 5.32 Å². The Morgan fingerprint density at radius 2 is 2.29 bits per heavy atom. The Morgan fingerprint density at radius 1 is 1.46 bits per heavy atom. The number of hydrogen-bond acceptors (Lipinski definition) is 5. The monoisotopic (exact) mass is 374 g/mol. The van der Waals surface area contributed by atoms with Crippen LogP contribution in [0.1, 0.15) is 13.3 Å². The number of halogens is 1. The van der Waals surface area contributed by atoms with Crippen molar-refractivity contribution in [1.29, 1.82) is 0 Å². The zero-order valence-electron chi connectivity index (χ0n) is 13.7. The molecule has 1 N–H and O–H groups in total. The maximum absolute atomic E-state index is 13.0. The lowest BCUT2D eigenvalue weighted by Gasteiger charge is -2.31. The van der Waals surface area contributed by atoms with Crippen molar-refractivity contribution in [2.45, 2.75) is 24.3 Å². The van der Waals surface area contributed by atoms with Gasteiger partial charge in [0.25, 0.3) is 0 Å². The summed E-state index contributed by atoms with van der Waals surface area (Å²) in [6.07, 6.45) is 0.935. The Labute approximate surface area is 148 Å². The third-order valence-electron chi connectivity index (χ3n) is 4.35. The second-order valence-electron chi connectivity index (χ2n) is 6.35. The SMILES string of the molecule is CC1CN(S(=O)(=O)c2cc(Cl)ccc2OCC2CCOC2)CCN1. The van der Waals surface area contributed by atoms with E-state index in [9.17, 15) is 8.42 Å². The molecular formula is C16H23ClN2O4S. The molecule has 2 fully saturated rings. The lowest BCUT2D eigenvalue weighted by molar-refractivity contribution is 0.166. The van der Waals surface area contributed by atoms with E-state index in [1.54, 1.807) is 12.1 Å². The highest BCUT2D eigenvalue weighted by atomic mass is 35.5. The summed E-state index contributed by atoms with van der Waals surface area (Å²) in [6.45, 7) is 5.32. The first-order chi connectivity index (χ1) is 11.5. The van der Waals surface area contributed by atoms with Crippen LogP contribution in [0.15, 0.2) is 23.1 Å². The fourth-order valence-electron chi connectivity index (χ4n) is 2.98. The first-order valence-corrected chi connectivity index (χ1v) is 10.0. The van der Waals surface area contributed by atoms with Crippen LogP contribution >= 0.6 is 11.6 Å². The van der Waals surface area contributed by atoms with Crippen molar-refractivity contribution in [3.63, 3.8) is 0 Å². The number of piperazine rings is 1. The van der Waals surface area contributed by atoms with Crippen LogP contribution in [0.3, 0.4) is 0 Å². The standard InChI is InChI=1S/C16H23ClN2O4S/c1-12-9-19(6-5-18-12)24(20,21)16-8-14(17)2-3-15(16)23-11-13-4-7-22-10-13/h2-3,8,12-13,18H,4-7,9-11H2,1H3. The average Bonchev–Trinajstić information content (AvgIpc) is 3.07. The third kappa shape index (κ3) is 4.03. The lowest BCUT2D eigenvalue weighted by atomic mass is 10.1. The van der Waals surface area contributed by atoms with E-state index in [1.165, 1.54) is 10.4 Å². The van der Waals surface area contributed by atoms with Gasteiger partial charge in [0, 0.05) is 43.2 Å². The molecule has 1 aromatic rings. The molecule has 0 spiro atoms. The molecule has 134 valence electrons. The highest BCUT2D eigenvalue weighted by Gasteiger charge is 2.31. The van der Waals surface area contributed by atoms with Gasteiger partial charge in [-0.15, -0.1) is 0 Å². The lowest BCUT2D eigenvalue weighted by Crippen LogP contribution is -2.51. The van der Waals surface area contributed by atoms with E-state index in [-0.39, 0.29) is 10.9 Å². The topological polar surface area (TPSA) is 67.9 Å². The molecule has 6 nitrogen and oxygen atoms in total. The van der Waals surface area contributed by atoms with Gasteiger partial charge in [0.2, 0.25) is 10.0 Å². The minimum atomic E-state index is -3.64. The zero-order valence-corrected chi connectivity index (χ0v) is 15.3. The summed E-state index contributed by atoms with van der Waals surface area (Å²) in [7, 11) is -3.64. The molecule has 0 saturated carbocycles. The molecule has 0 bridgehead atoms. The van der Waals surface area contributed by atoms with Gasteiger partial charge >= 0.3 is 0 Å². The largest absolute Gasteiger partial charge is 0.492 e. The van der Waals surface area contributed by atoms with Gasteiger partial charge in [-0.05, 0) is 31.5 Å². The molecule has 3 rings (SSSR count). The van der Waals surface area contributed by atoms with E-state index in [0.717, 1.165) is 13.0 Å². The molecule has 2 atom stereocenters. The van der Waals surface area contributed by atoms with Crippen LogP contribution in [-0.4, -0.2) is 58.2 Å². The number of benzene rings is 1. The quantitative estimate of drug-likeness (QED) is 0.850. The van der Waals surface area contributed by atoms with Crippen molar-refractivity contribution < 1.29 is 17.9 Å². The van der Waals surface area contributed by atoms with Crippen molar-refractivity contribution in [3.8, 4) is 5.75 Å². The molecule has 0 radical (unpaired) electrons. The van der Waals surface area contributed by atoms with E-state index >= 15 is 0 Å². The molecule has 2 aliphatic heterocycles. The van der Waals surface area contributed by atoms with Crippen molar-refractivity contribution in [2.24, 2.45) is 5.92 Å². The summed E-state index contributed by atoms with van der Waals surface area (Å²) in [5.41, 5.74) is 0. The van der Waals surface area contributed by atoms with E-state index in [4.69, 9.17) is 21.1 Å². The molecule has 2 heterocycles. The molecule has 2 saturated heterocycles. The second-order valence-corrected chi connectivity index (χ2v) is 8.69. The molecule has 24 heavy (non-hydrogen) atoms. The average molecular weight is 375 g/mol. The highest BCUT2D eigenvalue weighted by molar-refractivity contribution is 7.89. The summed E-state index contributed by atoms with van der Waals surface area (Å²) >= 11 is 6.05. The van der Waals surface area contributed by atoms with Gasteiger partial charge in [0.15, 0.2) is 0 Å². The molecule has 0 amide bonds. The van der Waals surface area contributed by atoms with Gasteiger partial charge in [-0.2, -0.15) is 4.31 Å². The smallest absolute Gasteiger partial charge is 0.246 e. The fourth-order valence-corrected chi connectivity index (χ4v) is 4.90. The van der Waals surface area contributed by atoms with Crippen LogP contribution in [0.4, 0.5) is 0 Å². The van der Waals surface area contributed by atoms with Crippen molar-refractivity contribution in [2.75, 3.05) is 39.5 Å². The third-order valence-corrected chi connectivity index (χ3v) is 6.48. The predicted molar refractivity (Wildman–Crippen MR) is 92.1 cm³/mol. The number of nitrogens with one attached hydrogen (secondary N) is 1. The number of hydrogen-bond donors (Lipinski definition) is 1. The van der Waals surface area contributed by atoms with Gasteiger partial charge in [0.05, 0.1) is 13.2 Å². The zero-order chi connectivity index (χ0) is 17.2. The summed E-state index contributed by atoms with van der Waals surface area (Å²) in [6, 6.07) is 4.88. The number of nitrogens with zero attached hydrogens (tertiary/aromatic N) is 1. The minimum absolute atomic E-state index is 0.118. The van der Waals surface area contributed by atoms with Crippen LogP contribution in [0.2, 0.25) is 5.02 Å². The number of sulfonamides is 1. The molecule has 0 aliphatic carbocycles. The summed E-state index contributed by atoms with van der Waals surface area (Å²) < 4.78 is 38.7. The summed E-state index contributed by atoms with van der Waals surface area (Å²) in [5, 5.41) is 3.63. The van der Waals surface area contributed by atoms with Gasteiger partial charge < -0.3 is 14.8 Å². The Morgan fingerprint density at radius 3 is 3.00 bits per heavy atom. The van der Waals surface area contributed by atoms with E-state index in [0.29, 0.717) is 49.5 Å². The number of ether oxygens (including phenoxy) is 2. The molecular weight excluding hydrogens is 352 g/mol. The molecule has 2 unspecified atom stereocenters. The molecule has 8 heteroatoms. The fraction of sp³-hybridized carbons (Fsp3) is 0.625. The molecule has 0 aromatic heterocycles. The second kappa shape index (κ2) is 7.58. The van der Waals surface area contributed by atoms with Crippen LogP contribution < -0.4 is 10.1 Å². The van der Waals surface area contributed by atoms with Crippen LogP contribution in [-0.2, 0) is 14.8 Å². The maximum Gasteiger partial charge on any atom is 0.246 e. The predicted octanol–water partition coefficient (Wildman–Crippen LogP) is 1.74. The van der Waals surface area contributed by atoms with E-state index < -0.39 is 10.0 Å². The first-order valence-electron chi connectivity index (χ1n) is 8.20. The van der Waals surface area contributed by atoms with Gasteiger partial charge in [-0.1, -0.05) is 11.6 Å². The molecule has 2 aliphatic rings. The van der Waals surface area contributed by atoms with Crippen molar-refractivity contribution in [3.05, 3.63) is 23.2 Å². The van der Waals surface area contributed by atoms with Crippen molar-refractivity contribution >= 4 is 21.6 Å². The minimum Gasteiger partial charge on any atom is -0.492 e. The highest BCUT2D eigenvalue weighted by Crippen LogP contribution is 2.31. The Kier molecular flexibility index (Phi) is 5.66. The van der Waals surface area contributed by atoms with Gasteiger partial charge in [-0.25, -0.2) is 8.42 Å².